The summed E-state index contributed by atoms with van der Waals surface area (Å²) < 4.78 is 5.31. The molecule has 0 bridgehead atoms. The van der Waals surface area contributed by atoms with Gasteiger partial charge in [-0.15, -0.1) is 0 Å². The number of aromatic amines is 1. The van der Waals surface area contributed by atoms with Gasteiger partial charge in [0.2, 0.25) is 0 Å². The first-order valence-corrected chi connectivity index (χ1v) is 4.97. The van der Waals surface area contributed by atoms with Crippen molar-refractivity contribution in [3.63, 3.8) is 0 Å². The minimum atomic E-state index is 0.657. The van der Waals surface area contributed by atoms with E-state index in [4.69, 9.17) is 4.74 Å². The minimum Gasteiger partial charge on any atom is -0.370 e. The number of H-pyrrole nitrogens is 1. The fourth-order valence-corrected chi connectivity index (χ4v) is 1.65. The zero-order chi connectivity index (χ0) is 9.97. The molecule has 1 N–H and O–H groups in total. The second-order valence-corrected chi connectivity index (χ2v) is 2.98. The van der Waals surface area contributed by atoms with Crippen LogP contribution in [0.1, 0.15) is 25.1 Å². The van der Waals surface area contributed by atoms with E-state index >= 15 is 0 Å². The van der Waals surface area contributed by atoms with E-state index in [2.05, 4.69) is 9.97 Å². The van der Waals surface area contributed by atoms with Crippen LogP contribution in [-0.2, 0) is 18.0 Å². The van der Waals surface area contributed by atoms with Crippen molar-refractivity contribution in [2.75, 3.05) is 0 Å². The molecule has 3 heteroatoms. The third-order valence-electron chi connectivity index (χ3n) is 2.27. The fraction of sp³-hybridized carbons (Fsp3) is 0.364. The van der Waals surface area contributed by atoms with Gasteiger partial charge in [0.05, 0.1) is 24.4 Å². The molecule has 2 aromatic heterocycles. The summed E-state index contributed by atoms with van der Waals surface area (Å²) in [6.07, 6.45) is 3.82. The number of hydrogen-bond acceptors (Lipinski definition) is 2. The van der Waals surface area contributed by atoms with E-state index in [1.165, 1.54) is 16.5 Å². The molecule has 0 aromatic carbocycles. The van der Waals surface area contributed by atoms with Gasteiger partial charge in [-0.1, -0.05) is 13.8 Å². The number of pyridine rings is 1. The van der Waals surface area contributed by atoms with E-state index in [1.807, 2.05) is 32.3 Å². The van der Waals surface area contributed by atoms with Crippen LogP contribution in [0.15, 0.2) is 18.5 Å². The molecule has 3 heterocycles. The lowest BCUT2D eigenvalue weighted by Gasteiger charge is -1.96. The Hall–Kier alpha value is -1.35. The summed E-state index contributed by atoms with van der Waals surface area (Å²) >= 11 is 0. The summed E-state index contributed by atoms with van der Waals surface area (Å²) in [4.78, 5) is 7.51. The van der Waals surface area contributed by atoms with Crippen LogP contribution in [0.4, 0.5) is 0 Å². The average Bonchev–Trinajstić information content (AvgIpc) is 2.88. The van der Waals surface area contributed by atoms with Gasteiger partial charge in [-0.25, -0.2) is 0 Å². The fourth-order valence-electron chi connectivity index (χ4n) is 1.65. The molecule has 0 unspecified atom stereocenters. The van der Waals surface area contributed by atoms with Gasteiger partial charge in [-0.05, 0) is 6.07 Å². The Morgan fingerprint density at radius 2 is 2.21 bits per heavy atom. The average molecular weight is 190 g/mol. The molecule has 1 aliphatic rings. The molecule has 14 heavy (non-hydrogen) atoms. The van der Waals surface area contributed by atoms with Crippen molar-refractivity contribution in [1.29, 1.82) is 0 Å². The van der Waals surface area contributed by atoms with Crippen molar-refractivity contribution >= 4 is 10.9 Å². The van der Waals surface area contributed by atoms with Gasteiger partial charge in [0.25, 0.3) is 0 Å². The number of rotatable bonds is 0. The molecule has 0 fully saturated rings. The molecule has 0 amide bonds. The first-order valence-electron chi connectivity index (χ1n) is 4.97. The van der Waals surface area contributed by atoms with Crippen LogP contribution >= 0.6 is 0 Å². The highest BCUT2D eigenvalue weighted by molar-refractivity contribution is 5.82. The lowest BCUT2D eigenvalue weighted by molar-refractivity contribution is 0.133. The zero-order valence-corrected chi connectivity index (χ0v) is 8.50. The van der Waals surface area contributed by atoms with Crippen LogP contribution in [-0.4, -0.2) is 9.97 Å². The highest BCUT2D eigenvalue weighted by Gasteiger charge is 2.15. The molecular weight excluding hydrogens is 176 g/mol. The second-order valence-electron chi connectivity index (χ2n) is 2.98. The maximum absolute atomic E-state index is 5.31. The topological polar surface area (TPSA) is 37.9 Å². The molecule has 0 radical (unpaired) electrons. The monoisotopic (exact) mass is 190 g/mol. The smallest absolute Gasteiger partial charge is 0.0896 e. The number of fused-ring (bicyclic) bond motifs is 3. The number of hydrogen-bond donors (Lipinski definition) is 1. The summed E-state index contributed by atoms with van der Waals surface area (Å²) in [5, 5.41) is 1.17. The number of aromatic nitrogens is 2. The molecule has 0 saturated carbocycles. The lowest BCUT2D eigenvalue weighted by Crippen LogP contribution is -1.87. The molecule has 3 nitrogen and oxygen atoms in total. The maximum atomic E-state index is 5.31. The van der Waals surface area contributed by atoms with E-state index in [0.29, 0.717) is 13.2 Å². The first kappa shape index (κ1) is 9.21. The van der Waals surface area contributed by atoms with Gasteiger partial charge in [0.15, 0.2) is 0 Å². The molecule has 74 valence electrons. The maximum Gasteiger partial charge on any atom is 0.0896 e. The van der Waals surface area contributed by atoms with Gasteiger partial charge in [0.1, 0.15) is 0 Å². The molecule has 0 atom stereocenters. The summed E-state index contributed by atoms with van der Waals surface area (Å²) in [6.45, 7) is 5.35. The Morgan fingerprint density at radius 3 is 3.07 bits per heavy atom. The van der Waals surface area contributed by atoms with Crippen molar-refractivity contribution in [3.8, 4) is 0 Å². The largest absolute Gasteiger partial charge is 0.370 e. The lowest BCUT2D eigenvalue weighted by atomic mass is 10.2. The van der Waals surface area contributed by atoms with Crippen molar-refractivity contribution in [2.45, 2.75) is 27.1 Å². The summed E-state index contributed by atoms with van der Waals surface area (Å²) in [5.74, 6) is 0. The molecule has 0 saturated heterocycles. The van der Waals surface area contributed by atoms with Crippen molar-refractivity contribution in [1.82, 2.24) is 9.97 Å². The van der Waals surface area contributed by atoms with Crippen molar-refractivity contribution in [3.05, 3.63) is 29.7 Å². The third kappa shape index (κ3) is 1.30. The molecular formula is C11H14N2O. The van der Waals surface area contributed by atoms with Gasteiger partial charge < -0.3 is 9.72 Å². The molecule has 1 aliphatic heterocycles. The first-order chi connectivity index (χ1) is 6.95. The Kier molecular flexibility index (Phi) is 2.50. The summed E-state index contributed by atoms with van der Waals surface area (Å²) in [6, 6.07) is 2.03. The van der Waals surface area contributed by atoms with E-state index in [9.17, 15) is 0 Å². The normalized spacial score (nSPS) is 13.6. The molecule has 0 aliphatic carbocycles. The summed E-state index contributed by atoms with van der Waals surface area (Å²) in [7, 11) is 0. The minimum absolute atomic E-state index is 0.657. The standard InChI is InChI=1S/C9H8N2O.C2H6/c1-2-10-9-6(1)3-11-8-5-12-4-7(8)9;1-2/h1-3,10H,4-5H2;1-2H3. The van der Waals surface area contributed by atoms with Gasteiger partial charge in [0, 0.05) is 23.3 Å². The highest BCUT2D eigenvalue weighted by Crippen LogP contribution is 2.24. The van der Waals surface area contributed by atoms with Crippen LogP contribution in [0.2, 0.25) is 0 Å². The predicted octanol–water partition coefficient (Wildman–Crippen LogP) is 2.62. The number of nitrogens with zero attached hydrogens (tertiary/aromatic N) is 1. The Labute approximate surface area is 83.1 Å². The van der Waals surface area contributed by atoms with E-state index in [1.54, 1.807) is 0 Å². The molecule has 0 spiro atoms. The van der Waals surface area contributed by atoms with Crippen LogP contribution in [0.5, 0.6) is 0 Å². The predicted molar refractivity (Wildman–Crippen MR) is 55.9 cm³/mol. The Balaban J connectivity index is 0.000000354. The number of ether oxygens (including phenoxy) is 1. The zero-order valence-electron chi connectivity index (χ0n) is 8.50. The van der Waals surface area contributed by atoms with Crippen molar-refractivity contribution in [2.24, 2.45) is 0 Å². The molecule has 2 aromatic rings. The van der Waals surface area contributed by atoms with E-state index in [-0.39, 0.29) is 0 Å². The second kappa shape index (κ2) is 3.80. The van der Waals surface area contributed by atoms with Gasteiger partial charge >= 0.3 is 0 Å². The quantitative estimate of drug-likeness (QED) is 0.693. The third-order valence-corrected chi connectivity index (χ3v) is 2.27. The van der Waals surface area contributed by atoms with Gasteiger partial charge in [-0.2, -0.15) is 0 Å². The van der Waals surface area contributed by atoms with Crippen LogP contribution in [0, 0.1) is 0 Å². The van der Waals surface area contributed by atoms with E-state index in [0.717, 1.165) is 5.69 Å². The van der Waals surface area contributed by atoms with Crippen molar-refractivity contribution < 1.29 is 4.74 Å². The van der Waals surface area contributed by atoms with E-state index < -0.39 is 0 Å². The number of nitrogens with one attached hydrogen (secondary N) is 1. The highest BCUT2D eigenvalue weighted by atomic mass is 16.5. The SMILES string of the molecule is CC.c1cc2cnc3c(c2[nH]1)COC3. The van der Waals surface area contributed by atoms with Crippen LogP contribution in [0.3, 0.4) is 0 Å². The van der Waals surface area contributed by atoms with Crippen LogP contribution < -0.4 is 0 Å². The summed E-state index contributed by atoms with van der Waals surface area (Å²) in [5.41, 5.74) is 3.47. The molecule has 3 rings (SSSR count). The van der Waals surface area contributed by atoms with Gasteiger partial charge in [-0.3, -0.25) is 4.98 Å². The Bertz CT molecular complexity index is 434. The van der Waals surface area contributed by atoms with Crippen LogP contribution in [0.25, 0.3) is 10.9 Å². The Morgan fingerprint density at radius 1 is 1.36 bits per heavy atom.